The van der Waals surface area contributed by atoms with Crippen LogP contribution < -0.4 is 15.4 Å². The third kappa shape index (κ3) is 31.2. The monoisotopic (exact) mass is 1420 g/mol. The first-order valence-electron chi connectivity index (χ1n) is 44.6. The van der Waals surface area contributed by atoms with Gasteiger partial charge in [-0.3, -0.25) is 14.7 Å². The van der Waals surface area contributed by atoms with E-state index in [0.717, 1.165) is 136 Å². The van der Waals surface area contributed by atoms with E-state index in [1.54, 1.807) is 0 Å². The van der Waals surface area contributed by atoms with Crippen molar-refractivity contribution < 1.29 is 9.47 Å². The number of benzene rings is 3. The molecule has 7 atom stereocenters. The molecular weight excluding hydrogens is 1260 g/mol. The summed E-state index contributed by atoms with van der Waals surface area (Å²) in [6, 6.07) is 32.8. The molecule has 103 heavy (non-hydrogen) atoms. The number of likely N-dealkylation sites (N-methyl/N-ethyl adjacent to an activating group) is 2. The quantitative estimate of drug-likeness (QED) is 0.0802. The third-order valence-corrected chi connectivity index (χ3v) is 25.7. The highest BCUT2D eigenvalue weighted by molar-refractivity contribution is 5.30. The minimum atomic E-state index is 0.708. The van der Waals surface area contributed by atoms with E-state index < -0.39 is 0 Å². The van der Waals surface area contributed by atoms with Gasteiger partial charge >= 0.3 is 0 Å². The Bertz CT molecular complexity index is 2640. The number of hydrogen-bond donors (Lipinski definition) is 2. The fourth-order valence-electron chi connectivity index (χ4n) is 18.5. The largest absolute Gasteiger partial charge is 0.492 e. The van der Waals surface area contributed by atoms with Crippen LogP contribution in [0.1, 0.15) is 302 Å². The van der Waals surface area contributed by atoms with Crippen LogP contribution in [0.3, 0.4) is 0 Å². The second-order valence-corrected chi connectivity index (χ2v) is 34.7. The lowest BCUT2D eigenvalue weighted by Gasteiger charge is -2.42. The van der Waals surface area contributed by atoms with Crippen molar-refractivity contribution in [2.24, 2.45) is 29.6 Å². The van der Waals surface area contributed by atoms with Crippen molar-refractivity contribution in [1.29, 1.82) is 0 Å². The van der Waals surface area contributed by atoms with Crippen molar-refractivity contribution >= 4 is 0 Å². The molecule has 10 heteroatoms. The fraction of sp³-hybridized carbons (Fsp3) is 0.806. The zero-order chi connectivity index (χ0) is 73.0. The zero-order valence-corrected chi connectivity index (χ0v) is 69.2. The Kier molecular flexibility index (Phi) is 40.4. The topological polar surface area (TPSA) is 62.0 Å². The molecule has 12 fully saturated rings. The first kappa shape index (κ1) is 85.7. The van der Waals surface area contributed by atoms with Gasteiger partial charge < -0.3 is 34.8 Å². The molecule has 0 spiro atoms. The molecule has 0 aromatic heterocycles. The minimum Gasteiger partial charge on any atom is -0.492 e. The second-order valence-electron chi connectivity index (χ2n) is 34.7. The summed E-state index contributed by atoms with van der Waals surface area (Å²) < 4.78 is 11.0. The number of rotatable bonds is 25. The van der Waals surface area contributed by atoms with Crippen LogP contribution in [-0.4, -0.2) is 191 Å². The predicted molar refractivity (Wildman–Crippen MR) is 444 cm³/mol. The van der Waals surface area contributed by atoms with Crippen molar-refractivity contribution in [3.05, 3.63) is 101 Å². The molecular formula is C93H162N8O2. The van der Waals surface area contributed by atoms with E-state index in [0.29, 0.717) is 6.04 Å². The molecule has 0 amide bonds. The Morgan fingerprint density at radius 1 is 0.456 bits per heavy atom. The minimum absolute atomic E-state index is 0.708. The van der Waals surface area contributed by atoms with Gasteiger partial charge in [-0.25, -0.2) is 0 Å². The van der Waals surface area contributed by atoms with Crippen LogP contribution >= 0.6 is 0 Å². The van der Waals surface area contributed by atoms with E-state index in [9.17, 15) is 0 Å². The summed E-state index contributed by atoms with van der Waals surface area (Å²) >= 11 is 0. The van der Waals surface area contributed by atoms with Gasteiger partial charge in [-0.05, 0) is 277 Å². The highest BCUT2D eigenvalue weighted by Gasteiger charge is 2.35. The first-order valence-corrected chi connectivity index (χ1v) is 44.6. The van der Waals surface area contributed by atoms with Crippen LogP contribution in [-0.2, 0) is 24.0 Å². The average molecular weight is 1420 g/mol. The standard InChI is InChI=1S/C13H25N.C13H19N.C12H19NO.C12H23N.C12H17N.C11H21N.C10H19NO.C10H19N/c1-3-12-10-11(2)8-9-14(12)13-6-4-5-7-13;1-3-5-11-6-4-7-12(8-11)13-9-14(2)10-13;1-3-5-11-6-4-7-12(10-11)14-9-8-13-2;1-3-12-8-10(2)6-7-13(12)9-11-4-5-11;1-2-4-10-5-3-6-11(7-10)12-8-13-9-12;1-2-10-8-5-9-12(10)11-6-3-4-7-11;1-2-10-8-12-6-5-11(10)7-9-3-4-9;1-2-10-4-3-7-11(10)8-9-5-6-9/h11-13H,3-10H2,1-2H3;4,6-8,13H,3,5,9-10H2,1-2H3;4,6-7,10,13H,3,5,8-9H2,1-2H3;10-12H,3-9H2,1-2H3;3,5-7,12-13H,2,4,8-9H2,1H3;10-11H,2-9H2,1H3;9-10H,2-8H2,1H3;9-10H,2-8H2,1H3. The molecule has 7 heterocycles. The zero-order valence-electron chi connectivity index (χ0n) is 69.2. The summed E-state index contributed by atoms with van der Waals surface area (Å²) in [5, 5.41) is 6.36. The van der Waals surface area contributed by atoms with Gasteiger partial charge in [0.25, 0.3) is 0 Å². The Balaban J connectivity index is 0.000000149. The van der Waals surface area contributed by atoms with E-state index in [-0.39, 0.29) is 0 Å². The summed E-state index contributed by atoms with van der Waals surface area (Å²) in [6.07, 6.45) is 46.3. The van der Waals surface area contributed by atoms with Crippen LogP contribution in [0, 0.1) is 29.6 Å². The van der Waals surface area contributed by atoms with Crippen molar-refractivity contribution in [3.63, 3.8) is 0 Å². The number of aryl methyl sites for hydroxylation is 3. The normalized spacial score (nSPS) is 26.7. The lowest BCUT2D eigenvalue weighted by Crippen LogP contribution is -2.46. The van der Waals surface area contributed by atoms with Crippen LogP contribution in [0.15, 0.2) is 72.8 Å². The van der Waals surface area contributed by atoms with Gasteiger partial charge in [-0.15, -0.1) is 0 Å². The summed E-state index contributed by atoms with van der Waals surface area (Å²) in [6.45, 7) is 42.3. The molecule has 0 radical (unpaired) electrons. The Morgan fingerprint density at radius 2 is 0.922 bits per heavy atom. The smallest absolute Gasteiger partial charge is 0.119 e. The van der Waals surface area contributed by atoms with Gasteiger partial charge in [-0.2, -0.15) is 0 Å². The maximum absolute atomic E-state index is 5.57. The molecule has 2 N–H and O–H groups in total. The molecule has 7 saturated heterocycles. The summed E-state index contributed by atoms with van der Waals surface area (Å²) in [7, 11) is 4.11. The predicted octanol–water partition coefficient (Wildman–Crippen LogP) is 20.2. The van der Waals surface area contributed by atoms with Gasteiger partial charge in [0.15, 0.2) is 0 Å². The second kappa shape index (κ2) is 48.6. The Morgan fingerprint density at radius 3 is 1.42 bits per heavy atom. The molecule has 586 valence electrons. The molecule has 15 rings (SSSR count). The van der Waals surface area contributed by atoms with E-state index in [2.05, 4.69) is 183 Å². The molecule has 0 bridgehead atoms. The Labute approximate surface area is 636 Å². The summed E-state index contributed by atoms with van der Waals surface area (Å²) in [5.74, 6) is 7.67. The average Bonchev–Trinajstić information content (AvgIpc) is 1.83. The van der Waals surface area contributed by atoms with Crippen molar-refractivity contribution in [1.82, 2.24) is 40.0 Å². The number of likely N-dealkylation sites (tertiary alicyclic amines) is 5. The molecule has 10 nitrogen and oxygen atoms in total. The number of ether oxygens (including phenoxy) is 2. The number of piperidine rings is 2. The maximum Gasteiger partial charge on any atom is 0.119 e. The summed E-state index contributed by atoms with van der Waals surface area (Å²) in [4.78, 5) is 16.1. The van der Waals surface area contributed by atoms with Crippen LogP contribution in [0.4, 0.5) is 0 Å². The maximum atomic E-state index is 5.57. The first-order chi connectivity index (χ1) is 50.4. The van der Waals surface area contributed by atoms with Gasteiger partial charge in [0, 0.05) is 113 Å². The number of nitrogens with zero attached hydrogens (tertiary/aromatic N) is 6. The number of hydrogen-bond acceptors (Lipinski definition) is 10. The highest BCUT2D eigenvalue weighted by Crippen LogP contribution is 2.37. The summed E-state index contributed by atoms with van der Waals surface area (Å²) in [5.41, 5.74) is 7.40. The SMILES string of the molecule is CCC1CC(C)CCN1C1CCCC1.CCC1CC(C)CCN1CC1CC1.CCC1CCCN1C1CCCC1.CCC1CCCN1CC1CC1.CCC1COCCN1CC1CC1.CCCc1cccc(C2CN(C)C2)c1.CCCc1cccc(C2CNC2)c1.CCCc1cccc(OCCNC)c1. The lowest BCUT2D eigenvalue weighted by atomic mass is 9.89. The molecule has 5 saturated carbocycles. The molecule has 3 aromatic carbocycles. The van der Waals surface area contributed by atoms with Crippen molar-refractivity contribution in [2.75, 3.05) is 119 Å². The van der Waals surface area contributed by atoms with Crippen molar-refractivity contribution in [3.8, 4) is 5.75 Å². The van der Waals surface area contributed by atoms with Gasteiger partial charge in [0.2, 0.25) is 0 Å². The van der Waals surface area contributed by atoms with Gasteiger partial charge in [-0.1, -0.05) is 175 Å². The van der Waals surface area contributed by atoms with Crippen molar-refractivity contribution in [2.45, 2.75) is 335 Å². The highest BCUT2D eigenvalue weighted by atomic mass is 16.5. The third-order valence-electron chi connectivity index (χ3n) is 25.7. The van der Waals surface area contributed by atoms with E-state index in [1.807, 2.05) is 13.1 Å². The molecule has 7 aliphatic heterocycles. The Hall–Kier alpha value is -2.90. The van der Waals surface area contributed by atoms with Crippen LogP contribution in [0.25, 0.3) is 0 Å². The van der Waals surface area contributed by atoms with E-state index in [1.165, 1.54) is 292 Å². The fourth-order valence-corrected chi connectivity index (χ4v) is 18.5. The van der Waals surface area contributed by atoms with Crippen LogP contribution in [0.2, 0.25) is 0 Å². The molecule has 7 unspecified atom stereocenters. The van der Waals surface area contributed by atoms with Crippen LogP contribution in [0.5, 0.6) is 5.75 Å². The van der Waals surface area contributed by atoms with Gasteiger partial charge in [0.05, 0.1) is 13.2 Å². The van der Waals surface area contributed by atoms with E-state index >= 15 is 0 Å². The van der Waals surface area contributed by atoms with E-state index in [4.69, 9.17) is 9.47 Å². The lowest BCUT2D eigenvalue weighted by molar-refractivity contribution is -0.0106. The molecule has 5 aliphatic carbocycles. The number of morpholine rings is 1. The molecule has 3 aromatic rings. The van der Waals surface area contributed by atoms with Gasteiger partial charge in [0.1, 0.15) is 12.4 Å². The number of nitrogens with one attached hydrogen (secondary N) is 2. The molecule has 12 aliphatic rings.